The van der Waals surface area contributed by atoms with Gasteiger partial charge in [0.2, 0.25) is 0 Å². The minimum Gasteiger partial charge on any atom is -0.317 e. The van der Waals surface area contributed by atoms with Crippen molar-refractivity contribution < 1.29 is 0 Å². The molecular formula is C22H49NP2. The van der Waals surface area contributed by atoms with E-state index in [1.165, 1.54) is 38.3 Å². The van der Waals surface area contributed by atoms with Gasteiger partial charge in [0.05, 0.1) is 0 Å². The van der Waals surface area contributed by atoms with E-state index in [-0.39, 0.29) is 15.8 Å². The van der Waals surface area contributed by atoms with Crippen LogP contribution >= 0.6 is 15.8 Å². The summed E-state index contributed by atoms with van der Waals surface area (Å²) in [6, 6.07) is 0. The molecule has 0 aromatic heterocycles. The largest absolute Gasteiger partial charge is 0.317 e. The van der Waals surface area contributed by atoms with Crippen molar-refractivity contribution in [3.05, 3.63) is 0 Å². The second-order valence-electron chi connectivity index (χ2n) is 11.4. The van der Waals surface area contributed by atoms with Crippen LogP contribution < -0.4 is 5.32 Å². The lowest BCUT2D eigenvalue weighted by Gasteiger charge is -2.42. The highest BCUT2D eigenvalue weighted by atomic mass is 31.1. The molecule has 0 aromatic rings. The Balaban J connectivity index is 4.19. The Labute approximate surface area is 163 Å². The highest BCUT2D eigenvalue weighted by molar-refractivity contribution is 7.61. The smallest absolute Gasteiger partial charge is 0.00456 e. The van der Waals surface area contributed by atoms with Gasteiger partial charge in [0.1, 0.15) is 0 Å². The van der Waals surface area contributed by atoms with Gasteiger partial charge < -0.3 is 5.32 Å². The third-order valence-corrected chi connectivity index (χ3v) is 12.7. The minimum absolute atomic E-state index is 0.0548. The zero-order valence-electron chi connectivity index (χ0n) is 19.6. The average Bonchev–Trinajstić information content (AvgIpc) is 2.30. The lowest BCUT2D eigenvalue weighted by molar-refractivity contribution is 0.644. The first-order valence-electron chi connectivity index (χ1n) is 10.2. The molecule has 3 heteroatoms. The van der Waals surface area contributed by atoms with Gasteiger partial charge in [0.15, 0.2) is 0 Å². The molecule has 0 aliphatic carbocycles. The van der Waals surface area contributed by atoms with E-state index in [0.717, 1.165) is 0 Å². The Morgan fingerprint density at radius 3 is 0.920 bits per heavy atom. The Morgan fingerprint density at radius 2 is 0.720 bits per heavy atom. The van der Waals surface area contributed by atoms with E-state index < -0.39 is 0 Å². The molecule has 0 amide bonds. The summed E-state index contributed by atoms with van der Waals surface area (Å²) in [5, 5.41) is 5.57. The summed E-state index contributed by atoms with van der Waals surface area (Å²) in [6.45, 7) is 31.5. The lowest BCUT2D eigenvalue weighted by Crippen LogP contribution is -2.29. The average molecular weight is 390 g/mol. The molecule has 0 aliphatic heterocycles. The maximum absolute atomic E-state index is 3.72. The van der Waals surface area contributed by atoms with Crippen molar-refractivity contribution in [2.24, 2.45) is 0 Å². The van der Waals surface area contributed by atoms with E-state index in [1.54, 1.807) is 0 Å². The van der Waals surface area contributed by atoms with Gasteiger partial charge in [-0.2, -0.15) is 0 Å². The van der Waals surface area contributed by atoms with E-state index in [2.05, 4.69) is 88.4 Å². The molecule has 0 bridgehead atoms. The molecule has 0 heterocycles. The molecule has 0 aliphatic rings. The quantitative estimate of drug-likeness (QED) is 0.334. The Kier molecular flexibility index (Phi) is 10.2. The molecule has 0 fully saturated rings. The minimum atomic E-state index is 0.0548. The van der Waals surface area contributed by atoms with Crippen molar-refractivity contribution in [3.63, 3.8) is 0 Å². The van der Waals surface area contributed by atoms with E-state index in [9.17, 15) is 0 Å². The molecular weight excluding hydrogens is 340 g/mol. The van der Waals surface area contributed by atoms with Crippen molar-refractivity contribution in [1.82, 2.24) is 5.32 Å². The predicted octanol–water partition coefficient (Wildman–Crippen LogP) is 7.51. The standard InChI is InChI=1S/C22H49NP2/c1-19(2,3)24(20(4,5)6)17-13-15-23-16-14-18-25(21(7,8)9)22(10,11)12/h23H,13-18H2,1-12H3. The SMILES string of the molecule is CC(C)(C)P(CCCNCCCP(C(C)(C)C)C(C)(C)C)C(C)(C)C. The third-order valence-electron chi connectivity index (χ3n) is 4.71. The van der Waals surface area contributed by atoms with E-state index >= 15 is 0 Å². The fourth-order valence-corrected chi connectivity index (χ4v) is 11.9. The maximum Gasteiger partial charge on any atom is -0.00456 e. The summed E-state index contributed by atoms with van der Waals surface area (Å²) >= 11 is 0. The molecule has 0 atom stereocenters. The summed E-state index contributed by atoms with van der Waals surface area (Å²) in [6.07, 6.45) is 5.44. The Bertz CT molecular complexity index is 299. The molecule has 0 spiro atoms. The first-order valence-corrected chi connectivity index (χ1v) is 13.3. The predicted molar refractivity (Wildman–Crippen MR) is 125 cm³/mol. The number of nitrogens with one attached hydrogen (secondary N) is 1. The number of rotatable bonds is 8. The molecule has 1 N–H and O–H groups in total. The van der Waals surface area contributed by atoms with Gasteiger partial charge in [-0.25, -0.2) is 0 Å². The van der Waals surface area contributed by atoms with Crippen LogP contribution in [-0.2, 0) is 0 Å². The second kappa shape index (κ2) is 9.85. The second-order valence-corrected chi connectivity index (χ2v) is 19.4. The fourth-order valence-electron chi connectivity index (χ4n) is 4.20. The van der Waals surface area contributed by atoms with Gasteiger partial charge in [0.25, 0.3) is 0 Å². The highest BCUT2D eigenvalue weighted by Crippen LogP contribution is 2.60. The van der Waals surface area contributed by atoms with Crippen LogP contribution in [-0.4, -0.2) is 46.0 Å². The molecule has 152 valence electrons. The topological polar surface area (TPSA) is 12.0 Å². The van der Waals surface area contributed by atoms with Gasteiger partial charge in [-0.1, -0.05) is 98.9 Å². The van der Waals surface area contributed by atoms with Crippen LogP contribution in [0.5, 0.6) is 0 Å². The molecule has 0 rings (SSSR count). The van der Waals surface area contributed by atoms with Crippen molar-refractivity contribution in [2.45, 2.75) is 117 Å². The van der Waals surface area contributed by atoms with Crippen LogP contribution in [0.3, 0.4) is 0 Å². The van der Waals surface area contributed by atoms with Gasteiger partial charge in [0, 0.05) is 0 Å². The van der Waals surface area contributed by atoms with Crippen molar-refractivity contribution >= 4 is 15.8 Å². The van der Waals surface area contributed by atoms with Crippen LogP contribution in [0.2, 0.25) is 0 Å². The van der Waals surface area contributed by atoms with Crippen LogP contribution in [0.15, 0.2) is 0 Å². The zero-order valence-corrected chi connectivity index (χ0v) is 21.4. The Morgan fingerprint density at radius 1 is 0.480 bits per heavy atom. The van der Waals surface area contributed by atoms with Crippen LogP contribution in [0, 0.1) is 0 Å². The summed E-state index contributed by atoms with van der Waals surface area (Å²) in [4.78, 5) is 0. The van der Waals surface area contributed by atoms with E-state index in [1.807, 2.05) is 0 Å². The molecule has 0 saturated carbocycles. The highest BCUT2D eigenvalue weighted by Gasteiger charge is 2.34. The summed E-state index contributed by atoms with van der Waals surface area (Å²) in [7, 11) is 0.110. The first kappa shape index (κ1) is 25.8. The lowest BCUT2D eigenvalue weighted by atomic mass is 10.2. The molecule has 0 saturated heterocycles. The van der Waals surface area contributed by atoms with Crippen LogP contribution in [0.4, 0.5) is 0 Å². The molecule has 0 aromatic carbocycles. The van der Waals surface area contributed by atoms with Crippen molar-refractivity contribution in [1.29, 1.82) is 0 Å². The summed E-state index contributed by atoms with van der Waals surface area (Å²) < 4.78 is 0. The first-order chi connectivity index (χ1) is 11.0. The normalized spacial score (nSPS) is 14.6. The number of hydrogen-bond acceptors (Lipinski definition) is 1. The van der Waals surface area contributed by atoms with Crippen LogP contribution in [0.1, 0.15) is 95.9 Å². The number of hydrogen-bond donors (Lipinski definition) is 1. The third kappa shape index (κ3) is 10.7. The van der Waals surface area contributed by atoms with Crippen LogP contribution in [0.25, 0.3) is 0 Å². The van der Waals surface area contributed by atoms with E-state index in [0.29, 0.717) is 20.6 Å². The monoisotopic (exact) mass is 389 g/mol. The molecule has 0 radical (unpaired) electrons. The summed E-state index contributed by atoms with van der Waals surface area (Å²) in [5.74, 6) is 0. The van der Waals surface area contributed by atoms with Crippen molar-refractivity contribution in [3.8, 4) is 0 Å². The van der Waals surface area contributed by atoms with Gasteiger partial charge in [-0.05, 0) is 58.9 Å². The Hall–Kier alpha value is 0.820. The van der Waals surface area contributed by atoms with Gasteiger partial charge in [-0.3, -0.25) is 0 Å². The van der Waals surface area contributed by atoms with Gasteiger partial charge >= 0.3 is 0 Å². The van der Waals surface area contributed by atoms with E-state index in [4.69, 9.17) is 0 Å². The molecule has 25 heavy (non-hydrogen) atoms. The van der Waals surface area contributed by atoms with Crippen molar-refractivity contribution in [2.75, 3.05) is 25.4 Å². The molecule has 1 nitrogen and oxygen atoms in total. The maximum atomic E-state index is 3.72. The molecule has 0 unspecified atom stereocenters. The van der Waals surface area contributed by atoms with Gasteiger partial charge in [-0.15, -0.1) is 0 Å². The fraction of sp³-hybridized carbons (Fsp3) is 1.00. The summed E-state index contributed by atoms with van der Waals surface area (Å²) in [5.41, 5.74) is 0. The zero-order chi connectivity index (χ0) is 20.1.